The Labute approximate surface area is 193 Å². The number of hydrogen-bond acceptors (Lipinski definition) is 6. The highest BCUT2D eigenvalue weighted by Crippen LogP contribution is 2.28. The topological polar surface area (TPSA) is 76.6 Å². The summed E-state index contributed by atoms with van der Waals surface area (Å²) >= 11 is 0. The zero-order valence-electron chi connectivity index (χ0n) is 18.8. The van der Waals surface area contributed by atoms with E-state index in [1.54, 1.807) is 13.3 Å². The molecule has 0 aliphatic carbocycles. The number of benzene rings is 2. The summed E-state index contributed by atoms with van der Waals surface area (Å²) < 4.78 is 10.9. The predicted molar refractivity (Wildman–Crippen MR) is 127 cm³/mol. The first-order valence-electron chi connectivity index (χ1n) is 11.4. The molecule has 3 aromatic rings. The van der Waals surface area contributed by atoms with Crippen molar-refractivity contribution in [1.29, 1.82) is 0 Å². The number of carbonyl (C=O) groups is 1. The van der Waals surface area contributed by atoms with Gasteiger partial charge in [0.05, 0.1) is 13.2 Å². The van der Waals surface area contributed by atoms with Crippen molar-refractivity contribution in [3.05, 3.63) is 71.4 Å². The van der Waals surface area contributed by atoms with E-state index in [2.05, 4.69) is 39.5 Å². The fourth-order valence-corrected chi connectivity index (χ4v) is 4.44. The first kappa shape index (κ1) is 21.4. The van der Waals surface area contributed by atoms with Crippen molar-refractivity contribution in [1.82, 2.24) is 15.3 Å². The monoisotopic (exact) mass is 444 g/mol. The summed E-state index contributed by atoms with van der Waals surface area (Å²) in [6.07, 6.45) is 4.66. The van der Waals surface area contributed by atoms with Gasteiger partial charge in [-0.1, -0.05) is 24.3 Å². The minimum absolute atomic E-state index is 0.0822. The van der Waals surface area contributed by atoms with E-state index >= 15 is 0 Å². The fourth-order valence-electron chi connectivity index (χ4n) is 4.44. The third-order valence-electron chi connectivity index (χ3n) is 6.31. The average molecular weight is 445 g/mol. The number of carbonyl (C=O) groups excluding carboxylic acids is 1. The van der Waals surface area contributed by atoms with Gasteiger partial charge < -0.3 is 19.7 Å². The molecule has 0 unspecified atom stereocenters. The van der Waals surface area contributed by atoms with Crippen LogP contribution in [0.3, 0.4) is 0 Å². The Balaban J connectivity index is 1.46. The zero-order chi connectivity index (χ0) is 22.6. The molecule has 2 aliphatic heterocycles. The Morgan fingerprint density at radius 2 is 2.00 bits per heavy atom. The Morgan fingerprint density at radius 3 is 2.76 bits per heavy atom. The number of ether oxygens (including phenoxy) is 2. The van der Waals surface area contributed by atoms with E-state index in [1.165, 1.54) is 11.1 Å². The van der Waals surface area contributed by atoms with Crippen LogP contribution in [0.15, 0.2) is 54.7 Å². The van der Waals surface area contributed by atoms with Crippen LogP contribution in [-0.2, 0) is 17.7 Å². The minimum Gasteiger partial charge on any atom is -0.497 e. The summed E-state index contributed by atoms with van der Waals surface area (Å²) in [6.45, 7) is 2.77. The third kappa shape index (κ3) is 4.68. The highest BCUT2D eigenvalue weighted by molar-refractivity contribution is 5.99. The molecule has 7 heteroatoms. The standard InChI is InChI=1S/C26H28N4O3/c1-32-21-10-8-19(9-11-21)24-27-16-23(26(31)28-15-22-7-4-14-33-22)25(29-24)30-13-12-18-5-2-3-6-20(18)17-30/h2-3,5-6,8-11,16,22H,4,7,12-15,17H2,1H3,(H,28,31)/t22-/m0/s1. The molecule has 33 heavy (non-hydrogen) atoms. The molecule has 1 amide bonds. The van der Waals surface area contributed by atoms with Crippen molar-refractivity contribution in [2.24, 2.45) is 0 Å². The third-order valence-corrected chi connectivity index (χ3v) is 6.31. The molecule has 3 heterocycles. The van der Waals surface area contributed by atoms with Crippen molar-refractivity contribution in [2.75, 3.05) is 31.7 Å². The molecule has 1 N–H and O–H groups in total. The number of rotatable bonds is 6. The molecule has 170 valence electrons. The van der Waals surface area contributed by atoms with Gasteiger partial charge >= 0.3 is 0 Å². The number of nitrogens with zero attached hydrogens (tertiary/aromatic N) is 3. The quantitative estimate of drug-likeness (QED) is 0.626. The van der Waals surface area contributed by atoms with Crippen molar-refractivity contribution in [3.8, 4) is 17.1 Å². The first-order chi connectivity index (χ1) is 16.2. The van der Waals surface area contributed by atoms with Crippen molar-refractivity contribution < 1.29 is 14.3 Å². The molecule has 1 fully saturated rings. The highest BCUT2D eigenvalue weighted by Gasteiger charge is 2.25. The molecule has 0 spiro atoms. The van der Waals surface area contributed by atoms with Gasteiger partial charge in [0.1, 0.15) is 17.1 Å². The molecule has 0 radical (unpaired) electrons. The van der Waals surface area contributed by atoms with Crippen LogP contribution in [0.25, 0.3) is 11.4 Å². The Kier molecular flexibility index (Phi) is 6.21. The van der Waals surface area contributed by atoms with E-state index in [9.17, 15) is 4.79 Å². The van der Waals surface area contributed by atoms with Gasteiger partial charge in [0.25, 0.3) is 5.91 Å². The lowest BCUT2D eigenvalue weighted by Gasteiger charge is -2.31. The van der Waals surface area contributed by atoms with Crippen LogP contribution in [0.1, 0.15) is 34.3 Å². The van der Waals surface area contributed by atoms with Crippen LogP contribution in [0.4, 0.5) is 5.82 Å². The van der Waals surface area contributed by atoms with Crippen molar-refractivity contribution in [3.63, 3.8) is 0 Å². The molecule has 2 aliphatic rings. The Bertz CT molecular complexity index is 1130. The molecule has 2 aromatic carbocycles. The van der Waals surface area contributed by atoms with Gasteiger partial charge in [-0.15, -0.1) is 0 Å². The van der Waals surface area contributed by atoms with E-state index < -0.39 is 0 Å². The molecule has 5 rings (SSSR count). The number of fused-ring (bicyclic) bond motifs is 1. The second kappa shape index (κ2) is 9.58. The molecule has 1 aromatic heterocycles. The lowest BCUT2D eigenvalue weighted by atomic mass is 9.99. The van der Waals surface area contributed by atoms with Gasteiger partial charge in [-0.05, 0) is 54.7 Å². The second-order valence-electron chi connectivity index (χ2n) is 8.44. The SMILES string of the molecule is COc1ccc(-c2ncc(C(=O)NC[C@@H]3CCCO3)c(N3CCc4ccccc4C3)n2)cc1. The van der Waals surface area contributed by atoms with E-state index in [-0.39, 0.29) is 12.0 Å². The molecular weight excluding hydrogens is 416 g/mol. The highest BCUT2D eigenvalue weighted by atomic mass is 16.5. The maximum Gasteiger partial charge on any atom is 0.256 e. The second-order valence-corrected chi connectivity index (χ2v) is 8.44. The van der Waals surface area contributed by atoms with E-state index in [0.29, 0.717) is 30.3 Å². The summed E-state index contributed by atoms with van der Waals surface area (Å²) in [4.78, 5) is 24.7. The van der Waals surface area contributed by atoms with Crippen molar-refractivity contribution in [2.45, 2.75) is 31.9 Å². The summed E-state index contributed by atoms with van der Waals surface area (Å²) in [5.74, 6) is 1.86. The van der Waals surface area contributed by atoms with Crippen LogP contribution in [0, 0.1) is 0 Å². The van der Waals surface area contributed by atoms with E-state index in [4.69, 9.17) is 14.5 Å². The fraction of sp³-hybridized carbons (Fsp3) is 0.346. The lowest BCUT2D eigenvalue weighted by molar-refractivity contribution is 0.0857. The van der Waals surface area contributed by atoms with E-state index in [0.717, 1.165) is 43.7 Å². The molecule has 1 saturated heterocycles. The lowest BCUT2D eigenvalue weighted by Crippen LogP contribution is -2.36. The largest absolute Gasteiger partial charge is 0.497 e. The maximum absolute atomic E-state index is 13.2. The van der Waals surface area contributed by atoms with Crippen LogP contribution < -0.4 is 15.0 Å². The van der Waals surface area contributed by atoms with Crippen molar-refractivity contribution >= 4 is 11.7 Å². The van der Waals surface area contributed by atoms with Gasteiger partial charge in [-0.2, -0.15) is 0 Å². The summed E-state index contributed by atoms with van der Waals surface area (Å²) in [7, 11) is 1.64. The number of aromatic nitrogens is 2. The molecule has 1 atom stereocenters. The number of amides is 1. The molecular formula is C26H28N4O3. The first-order valence-corrected chi connectivity index (χ1v) is 11.4. The van der Waals surface area contributed by atoms with Crippen LogP contribution >= 0.6 is 0 Å². The Hall–Kier alpha value is -3.45. The number of nitrogens with one attached hydrogen (secondary N) is 1. The van der Waals surface area contributed by atoms with Gasteiger partial charge in [0.15, 0.2) is 5.82 Å². The number of anilines is 1. The van der Waals surface area contributed by atoms with Gasteiger partial charge in [-0.3, -0.25) is 4.79 Å². The summed E-state index contributed by atoms with van der Waals surface area (Å²) in [5, 5.41) is 3.03. The van der Waals surface area contributed by atoms with Crippen LogP contribution in [0.2, 0.25) is 0 Å². The number of methoxy groups -OCH3 is 1. The predicted octanol–water partition coefficient (Wildman–Crippen LogP) is 3.62. The zero-order valence-corrected chi connectivity index (χ0v) is 18.8. The smallest absolute Gasteiger partial charge is 0.256 e. The van der Waals surface area contributed by atoms with E-state index in [1.807, 2.05) is 24.3 Å². The van der Waals surface area contributed by atoms with Gasteiger partial charge in [0.2, 0.25) is 0 Å². The molecule has 0 saturated carbocycles. The molecule has 0 bridgehead atoms. The van der Waals surface area contributed by atoms with Crippen LogP contribution in [0.5, 0.6) is 5.75 Å². The van der Waals surface area contributed by atoms with Gasteiger partial charge in [0, 0.05) is 38.0 Å². The van der Waals surface area contributed by atoms with Gasteiger partial charge in [-0.25, -0.2) is 9.97 Å². The normalized spacial score (nSPS) is 17.5. The van der Waals surface area contributed by atoms with Crippen LogP contribution in [-0.4, -0.2) is 48.8 Å². The molecule has 7 nitrogen and oxygen atoms in total. The maximum atomic E-state index is 13.2. The number of hydrogen-bond donors (Lipinski definition) is 1. The summed E-state index contributed by atoms with van der Waals surface area (Å²) in [5.41, 5.74) is 3.98. The average Bonchev–Trinajstić information content (AvgIpc) is 3.40. The summed E-state index contributed by atoms with van der Waals surface area (Å²) in [6, 6.07) is 16.1. The minimum atomic E-state index is -0.166. The Morgan fingerprint density at radius 1 is 1.18 bits per heavy atom.